The molecule has 138 valence electrons. The summed E-state index contributed by atoms with van der Waals surface area (Å²) in [6.07, 6.45) is 2.16. The van der Waals surface area contributed by atoms with Crippen molar-refractivity contribution in [3.63, 3.8) is 0 Å². The summed E-state index contributed by atoms with van der Waals surface area (Å²) in [6.45, 7) is 5.33. The topological polar surface area (TPSA) is 67.8 Å². The van der Waals surface area contributed by atoms with Crippen LogP contribution >= 0.6 is 0 Å². The number of carbonyl (C=O) groups excluding carboxylic acids is 1. The van der Waals surface area contributed by atoms with Gasteiger partial charge in [0.15, 0.2) is 0 Å². The van der Waals surface area contributed by atoms with Gasteiger partial charge in [0.2, 0.25) is 0 Å². The standard InChI is InChI=1S/C21H25NO4/c1-14-10-16(11-15(2)20(14)23)12-22-21(24)18-7-3-4-8-19(18)26-13-17-6-5-9-25-17/h3-4,7-8,10-11,17,23H,5-6,9,12-13H2,1-2H3,(H,22,24)/t17-/m0/s1. The number of para-hydroxylation sites is 1. The molecule has 0 aliphatic carbocycles. The summed E-state index contributed by atoms with van der Waals surface area (Å²) in [5.74, 6) is 0.683. The Morgan fingerprint density at radius 1 is 1.27 bits per heavy atom. The second kappa shape index (κ2) is 8.23. The number of amides is 1. The van der Waals surface area contributed by atoms with E-state index >= 15 is 0 Å². The zero-order valence-electron chi connectivity index (χ0n) is 15.2. The van der Waals surface area contributed by atoms with Crippen LogP contribution in [0.2, 0.25) is 0 Å². The normalized spacial score (nSPS) is 16.5. The maximum atomic E-state index is 12.6. The number of benzene rings is 2. The Morgan fingerprint density at radius 3 is 2.69 bits per heavy atom. The molecule has 1 fully saturated rings. The lowest BCUT2D eigenvalue weighted by Crippen LogP contribution is -2.24. The van der Waals surface area contributed by atoms with Crippen LogP contribution in [0.1, 0.15) is 39.9 Å². The number of ether oxygens (including phenoxy) is 2. The van der Waals surface area contributed by atoms with E-state index in [1.807, 2.05) is 38.1 Å². The highest BCUT2D eigenvalue weighted by atomic mass is 16.5. The molecule has 2 aromatic carbocycles. The van der Waals surface area contributed by atoms with E-state index in [0.29, 0.717) is 30.2 Å². The lowest BCUT2D eigenvalue weighted by molar-refractivity contribution is 0.0670. The maximum absolute atomic E-state index is 12.6. The smallest absolute Gasteiger partial charge is 0.255 e. The molecule has 0 radical (unpaired) electrons. The van der Waals surface area contributed by atoms with E-state index in [0.717, 1.165) is 36.1 Å². The quantitative estimate of drug-likeness (QED) is 0.832. The van der Waals surface area contributed by atoms with E-state index in [-0.39, 0.29) is 12.0 Å². The summed E-state index contributed by atoms with van der Waals surface area (Å²) in [7, 11) is 0. The molecule has 1 heterocycles. The molecule has 2 aromatic rings. The van der Waals surface area contributed by atoms with E-state index in [2.05, 4.69) is 5.32 Å². The Balaban J connectivity index is 1.64. The molecule has 0 spiro atoms. The number of hydrogen-bond acceptors (Lipinski definition) is 4. The SMILES string of the molecule is Cc1cc(CNC(=O)c2ccccc2OC[C@@H]2CCCO2)cc(C)c1O. The zero-order chi connectivity index (χ0) is 18.5. The maximum Gasteiger partial charge on any atom is 0.255 e. The molecule has 0 unspecified atom stereocenters. The molecule has 0 aromatic heterocycles. The largest absolute Gasteiger partial charge is 0.507 e. The van der Waals surface area contributed by atoms with Crippen LogP contribution in [0.3, 0.4) is 0 Å². The van der Waals surface area contributed by atoms with Crippen LogP contribution < -0.4 is 10.1 Å². The van der Waals surface area contributed by atoms with Gasteiger partial charge in [-0.1, -0.05) is 24.3 Å². The first-order valence-corrected chi connectivity index (χ1v) is 8.95. The van der Waals surface area contributed by atoms with Gasteiger partial charge in [-0.05, 0) is 55.5 Å². The summed E-state index contributed by atoms with van der Waals surface area (Å²) in [6, 6.07) is 11.0. The number of carbonyl (C=O) groups is 1. The summed E-state index contributed by atoms with van der Waals surface area (Å²) < 4.78 is 11.4. The van der Waals surface area contributed by atoms with Gasteiger partial charge in [0.1, 0.15) is 18.1 Å². The van der Waals surface area contributed by atoms with Crippen molar-refractivity contribution in [2.45, 2.75) is 39.3 Å². The van der Waals surface area contributed by atoms with Gasteiger partial charge in [0.05, 0.1) is 11.7 Å². The van der Waals surface area contributed by atoms with Gasteiger partial charge in [0, 0.05) is 13.2 Å². The van der Waals surface area contributed by atoms with Crippen molar-refractivity contribution in [1.82, 2.24) is 5.32 Å². The Labute approximate surface area is 153 Å². The summed E-state index contributed by atoms with van der Waals surface area (Å²) >= 11 is 0. The van der Waals surface area contributed by atoms with Crippen LogP contribution in [0.4, 0.5) is 0 Å². The Kier molecular flexibility index (Phi) is 5.78. The minimum atomic E-state index is -0.184. The number of hydrogen-bond donors (Lipinski definition) is 2. The molecule has 1 amide bonds. The molecular weight excluding hydrogens is 330 g/mol. The molecule has 1 atom stereocenters. The van der Waals surface area contributed by atoms with E-state index < -0.39 is 0 Å². The summed E-state index contributed by atoms with van der Waals surface area (Å²) in [4.78, 5) is 12.6. The fourth-order valence-corrected chi connectivity index (χ4v) is 3.16. The molecule has 26 heavy (non-hydrogen) atoms. The number of aromatic hydroxyl groups is 1. The molecule has 1 aliphatic heterocycles. The highest BCUT2D eigenvalue weighted by molar-refractivity contribution is 5.96. The predicted molar refractivity (Wildman–Crippen MR) is 99.7 cm³/mol. The minimum absolute atomic E-state index is 0.106. The monoisotopic (exact) mass is 355 g/mol. The molecular formula is C21H25NO4. The third-order valence-electron chi connectivity index (χ3n) is 4.58. The molecule has 1 aliphatic rings. The third kappa shape index (κ3) is 4.35. The Morgan fingerprint density at radius 2 is 2.00 bits per heavy atom. The number of rotatable bonds is 6. The predicted octanol–water partition coefficient (Wildman–Crippen LogP) is 3.50. The van der Waals surface area contributed by atoms with Gasteiger partial charge in [-0.2, -0.15) is 0 Å². The highest BCUT2D eigenvalue weighted by Gasteiger charge is 2.18. The van der Waals surface area contributed by atoms with Gasteiger partial charge in [0.25, 0.3) is 5.91 Å². The molecule has 1 saturated heterocycles. The number of phenols is 1. The van der Waals surface area contributed by atoms with E-state index in [9.17, 15) is 9.90 Å². The first-order valence-electron chi connectivity index (χ1n) is 8.95. The molecule has 2 N–H and O–H groups in total. The minimum Gasteiger partial charge on any atom is -0.507 e. The van der Waals surface area contributed by atoms with Crippen molar-refractivity contribution in [2.24, 2.45) is 0 Å². The number of nitrogens with one attached hydrogen (secondary N) is 1. The van der Waals surface area contributed by atoms with E-state index in [1.165, 1.54) is 0 Å². The molecule has 0 saturated carbocycles. The average molecular weight is 355 g/mol. The molecule has 5 nitrogen and oxygen atoms in total. The van der Waals surface area contributed by atoms with E-state index in [4.69, 9.17) is 9.47 Å². The Bertz CT molecular complexity index is 758. The summed E-state index contributed by atoms with van der Waals surface area (Å²) in [5, 5.41) is 12.8. The second-order valence-electron chi connectivity index (χ2n) is 6.70. The van der Waals surface area contributed by atoms with Crippen LogP contribution in [0, 0.1) is 13.8 Å². The zero-order valence-corrected chi connectivity index (χ0v) is 15.2. The van der Waals surface area contributed by atoms with Crippen LogP contribution in [0.15, 0.2) is 36.4 Å². The first-order chi connectivity index (χ1) is 12.5. The Hall–Kier alpha value is -2.53. The fourth-order valence-electron chi connectivity index (χ4n) is 3.16. The van der Waals surface area contributed by atoms with Crippen molar-refractivity contribution in [3.05, 3.63) is 58.7 Å². The van der Waals surface area contributed by atoms with Crippen LogP contribution in [-0.4, -0.2) is 30.3 Å². The summed E-state index contributed by atoms with van der Waals surface area (Å²) in [5.41, 5.74) is 3.06. The van der Waals surface area contributed by atoms with Crippen molar-refractivity contribution in [3.8, 4) is 11.5 Å². The van der Waals surface area contributed by atoms with Crippen LogP contribution in [0.25, 0.3) is 0 Å². The van der Waals surface area contributed by atoms with Gasteiger partial charge in [-0.3, -0.25) is 4.79 Å². The van der Waals surface area contributed by atoms with Crippen LogP contribution in [-0.2, 0) is 11.3 Å². The number of aryl methyl sites for hydroxylation is 2. The second-order valence-corrected chi connectivity index (χ2v) is 6.70. The van der Waals surface area contributed by atoms with E-state index in [1.54, 1.807) is 12.1 Å². The third-order valence-corrected chi connectivity index (χ3v) is 4.58. The van der Waals surface area contributed by atoms with Crippen molar-refractivity contribution >= 4 is 5.91 Å². The lowest BCUT2D eigenvalue weighted by atomic mass is 10.1. The number of phenolic OH excluding ortho intramolecular Hbond substituents is 1. The van der Waals surface area contributed by atoms with Crippen molar-refractivity contribution in [2.75, 3.05) is 13.2 Å². The molecule has 0 bridgehead atoms. The van der Waals surface area contributed by atoms with Crippen LogP contribution in [0.5, 0.6) is 11.5 Å². The first kappa shape index (κ1) is 18.3. The van der Waals surface area contributed by atoms with Gasteiger partial charge < -0.3 is 19.9 Å². The molecule has 5 heteroatoms. The van der Waals surface area contributed by atoms with Crippen molar-refractivity contribution < 1.29 is 19.4 Å². The highest BCUT2D eigenvalue weighted by Crippen LogP contribution is 2.23. The fraction of sp³-hybridized carbons (Fsp3) is 0.381. The van der Waals surface area contributed by atoms with Gasteiger partial charge in [-0.15, -0.1) is 0 Å². The van der Waals surface area contributed by atoms with Crippen molar-refractivity contribution in [1.29, 1.82) is 0 Å². The molecule has 3 rings (SSSR count). The average Bonchev–Trinajstić information content (AvgIpc) is 3.16. The van der Waals surface area contributed by atoms with Gasteiger partial charge in [-0.25, -0.2) is 0 Å². The van der Waals surface area contributed by atoms with Gasteiger partial charge >= 0.3 is 0 Å². The lowest BCUT2D eigenvalue weighted by Gasteiger charge is -2.15.